The minimum absolute atomic E-state index is 0.0447. The molecule has 0 radical (unpaired) electrons. The van der Waals surface area contributed by atoms with Crippen molar-refractivity contribution >= 4 is 22.9 Å². The van der Waals surface area contributed by atoms with Gasteiger partial charge in [0.25, 0.3) is 5.91 Å². The standard InChI is InChI=1S/C27H25N3O2S/c1-17(2)20-9-7-19(8-10-20)15-30-23-14-21(11-12-24(23)32-16-25(30)31)26-18(3)33-27(29-26)22-6-4-5-13-28-22/h4-14,17H,15-16H2,1-3H3. The average molecular weight is 456 g/mol. The number of aryl methyl sites for hydroxylation is 1. The molecule has 4 aromatic rings. The molecule has 5 nitrogen and oxygen atoms in total. The van der Waals surface area contributed by atoms with Crippen LogP contribution in [0, 0.1) is 6.92 Å². The Morgan fingerprint density at radius 1 is 1.09 bits per heavy atom. The Bertz CT molecular complexity index is 1300. The Morgan fingerprint density at radius 3 is 2.64 bits per heavy atom. The SMILES string of the molecule is Cc1sc(-c2ccccn2)nc1-c1ccc2c(c1)N(Cc1ccc(C(C)C)cc1)C(=O)CO2. The highest BCUT2D eigenvalue weighted by molar-refractivity contribution is 7.15. The molecule has 1 aliphatic heterocycles. The number of hydrogen-bond donors (Lipinski definition) is 0. The maximum atomic E-state index is 12.8. The third kappa shape index (κ3) is 4.26. The second-order valence-electron chi connectivity index (χ2n) is 8.49. The van der Waals surface area contributed by atoms with Gasteiger partial charge in [0.2, 0.25) is 0 Å². The summed E-state index contributed by atoms with van der Waals surface area (Å²) < 4.78 is 5.73. The monoisotopic (exact) mass is 455 g/mol. The predicted octanol–water partition coefficient (Wildman–Crippen LogP) is 6.23. The molecular formula is C27H25N3O2S. The molecule has 1 aliphatic rings. The van der Waals surface area contributed by atoms with E-state index in [0.717, 1.165) is 43.8 Å². The molecule has 2 aromatic heterocycles. The van der Waals surface area contributed by atoms with Gasteiger partial charge in [-0.3, -0.25) is 9.78 Å². The fourth-order valence-corrected chi connectivity index (χ4v) is 4.89. The first-order chi connectivity index (χ1) is 16.0. The molecule has 0 aliphatic carbocycles. The number of anilines is 1. The van der Waals surface area contributed by atoms with Crippen molar-refractivity contribution in [1.82, 2.24) is 9.97 Å². The first kappa shape index (κ1) is 21.3. The van der Waals surface area contributed by atoms with Crippen LogP contribution in [-0.4, -0.2) is 22.5 Å². The summed E-state index contributed by atoms with van der Waals surface area (Å²) in [5.41, 5.74) is 5.89. The van der Waals surface area contributed by atoms with Crippen LogP contribution in [-0.2, 0) is 11.3 Å². The van der Waals surface area contributed by atoms with E-state index in [4.69, 9.17) is 9.72 Å². The molecule has 0 saturated carbocycles. The number of aromatic nitrogens is 2. The zero-order chi connectivity index (χ0) is 22.9. The van der Waals surface area contributed by atoms with E-state index in [0.29, 0.717) is 12.5 Å². The van der Waals surface area contributed by atoms with Crippen molar-refractivity contribution in [2.45, 2.75) is 33.2 Å². The highest BCUT2D eigenvalue weighted by atomic mass is 32.1. The fourth-order valence-electron chi connectivity index (χ4n) is 3.98. The number of thiazole rings is 1. The van der Waals surface area contributed by atoms with Gasteiger partial charge in [0.15, 0.2) is 6.61 Å². The lowest BCUT2D eigenvalue weighted by atomic mass is 10.0. The van der Waals surface area contributed by atoms with Crippen LogP contribution in [0.1, 0.15) is 35.8 Å². The first-order valence-corrected chi connectivity index (χ1v) is 11.9. The Balaban J connectivity index is 1.49. The maximum Gasteiger partial charge on any atom is 0.265 e. The minimum Gasteiger partial charge on any atom is -0.482 e. The van der Waals surface area contributed by atoms with E-state index < -0.39 is 0 Å². The summed E-state index contributed by atoms with van der Waals surface area (Å²) in [6.45, 7) is 6.98. The van der Waals surface area contributed by atoms with Gasteiger partial charge >= 0.3 is 0 Å². The van der Waals surface area contributed by atoms with Crippen LogP contribution in [0.4, 0.5) is 5.69 Å². The lowest BCUT2D eigenvalue weighted by molar-refractivity contribution is -0.121. The topological polar surface area (TPSA) is 55.3 Å². The van der Waals surface area contributed by atoms with Gasteiger partial charge < -0.3 is 9.64 Å². The third-order valence-electron chi connectivity index (χ3n) is 5.84. The Morgan fingerprint density at radius 2 is 1.91 bits per heavy atom. The van der Waals surface area contributed by atoms with Gasteiger partial charge in [0, 0.05) is 16.6 Å². The van der Waals surface area contributed by atoms with Gasteiger partial charge in [0.1, 0.15) is 10.8 Å². The number of fused-ring (bicyclic) bond motifs is 1. The van der Waals surface area contributed by atoms with Crippen molar-refractivity contribution in [3.63, 3.8) is 0 Å². The van der Waals surface area contributed by atoms with Gasteiger partial charge in [-0.15, -0.1) is 11.3 Å². The summed E-state index contributed by atoms with van der Waals surface area (Å²) in [5.74, 6) is 1.15. The molecule has 33 heavy (non-hydrogen) atoms. The normalized spacial score (nSPS) is 13.2. The lowest BCUT2D eigenvalue weighted by Crippen LogP contribution is -2.38. The molecule has 0 N–H and O–H groups in total. The predicted molar refractivity (Wildman–Crippen MR) is 133 cm³/mol. The first-order valence-electron chi connectivity index (χ1n) is 11.0. The highest BCUT2D eigenvalue weighted by Crippen LogP contribution is 2.39. The zero-order valence-electron chi connectivity index (χ0n) is 18.9. The molecule has 0 spiro atoms. The molecular weight excluding hydrogens is 430 g/mol. The molecule has 1 amide bonds. The molecule has 0 bridgehead atoms. The van der Waals surface area contributed by atoms with Crippen LogP contribution in [0.25, 0.3) is 22.0 Å². The van der Waals surface area contributed by atoms with E-state index in [1.165, 1.54) is 5.56 Å². The fraction of sp³-hybridized carbons (Fsp3) is 0.222. The van der Waals surface area contributed by atoms with Crippen LogP contribution in [0.15, 0.2) is 66.9 Å². The molecule has 6 heteroatoms. The van der Waals surface area contributed by atoms with E-state index in [9.17, 15) is 4.79 Å². The second kappa shape index (κ2) is 8.79. The number of carbonyl (C=O) groups is 1. The number of benzene rings is 2. The number of ether oxygens (including phenoxy) is 1. The molecule has 166 valence electrons. The van der Waals surface area contributed by atoms with Crippen molar-refractivity contribution < 1.29 is 9.53 Å². The number of nitrogens with zero attached hydrogens (tertiary/aromatic N) is 3. The van der Waals surface area contributed by atoms with Gasteiger partial charge in [-0.05, 0) is 54.3 Å². The van der Waals surface area contributed by atoms with Crippen molar-refractivity contribution in [1.29, 1.82) is 0 Å². The molecule has 3 heterocycles. The minimum atomic E-state index is -0.0447. The summed E-state index contributed by atoms with van der Waals surface area (Å²) in [4.78, 5) is 25.0. The second-order valence-corrected chi connectivity index (χ2v) is 9.69. The van der Waals surface area contributed by atoms with Crippen LogP contribution in [0.5, 0.6) is 5.75 Å². The van der Waals surface area contributed by atoms with E-state index >= 15 is 0 Å². The van der Waals surface area contributed by atoms with Gasteiger partial charge in [0.05, 0.1) is 23.6 Å². The highest BCUT2D eigenvalue weighted by Gasteiger charge is 2.27. The molecule has 0 unspecified atom stereocenters. The van der Waals surface area contributed by atoms with Crippen molar-refractivity contribution in [2.75, 3.05) is 11.5 Å². The number of hydrogen-bond acceptors (Lipinski definition) is 5. The number of pyridine rings is 1. The Hall–Kier alpha value is -3.51. The van der Waals surface area contributed by atoms with E-state index in [-0.39, 0.29) is 12.5 Å². The van der Waals surface area contributed by atoms with E-state index in [1.807, 2.05) is 41.3 Å². The summed E-state index contributed by atoms with van der Waals surface area (Å²) in [6.07, 6.45) is 1.78. The third-order valence-corrected chi connectivity index (χ3v) is 6.84. The summed E-state index contributed by atoms with van der Waals surface area (Å²) in [6, 6.07) is 20.3. The Kier molecular flexibility index (Phi) is 5.68. The van der Waals surface area contributed by atoms with Gasteiger partial charge in [-0.2, -0.15) is 0 Å². The molecule has 5 rings (SSSR count). The lowest BCUT2D eigenvalue weighted by Gasteiger charge is -2.30. The number of rotatable bonds is 5. The number of amides is 1. The van der Waals surface area contributed by atoms with Crippen molar-refractivity contribution in [3.8, 4) is 27.7 Å². The van der Waals surface area contributed by atoms with Gasteiger partial charge in [-0.1, -0.05) is 44.2 Å². The molecule has 2 aromatic carbocycles. The van der Waals surface area contributed by atoms with Crippen molar-refractivity contribution in [2.24, 2.45) is 0 Å². The molecule has 0 saturated heterocycles. The van der Waals surface area contributed by atoms with Crippen LogP contribution >= 0.6 is 11.3 Å². The van der Waals surface area contributed by atoms with E-state index in [2.05, 4.69) is 50.0 Å². The molecule has 0 atom stereocenters. The Labute approximate surface area is 197 Å². The largest absolute Gasteiger partial charge is 0.482 e. The van der Waals surface area contributed by atoms with Crippen LogP contribution in [0.3, 0.4) is 0 Å². The summed E-state index contributed by atoms with van der Waals surface area (Å²) >= 11 is 1.62. The summed E-state index contributed by atoms with van der Waals surface area (Å²) in [7, 11) is 0. The quantitative estimate of drug-likeness (QED) is 0.358. The van der Waals surface area contributed by atoms with Crippen molar-refractivity contribution in [3.05, 3.63) is 82.9 Å². The maximum absolute atomic E-state index is 12.8. The zero-order valence-corrected chi connectivity index (χ0v) is 19.7. The average Bonchev–Trinajstić information content (AvgIpc) is 3.23. The van der Waals surface area contributed by atoms with Gasteiger partial charge in [-0.25, -0.2) is 4.98 Å². The molecule has 0 fully saturated rings. The number of carbonyl (C=O) groups excluding carboxylic acids is 1. The smallest absolute Gasteiger partial charge is 0.265 e. The van der Waals surface area contributed by atoms with E-state index in [1.54, 1.807) is 17.5 Å². The van der Waals surface area contributed by atoms with Crippen LogP contribution < -0.4 is 9.64 Å². The summed E-state index contributed by atoms with van der Waals surface area (Å²) in [5, 5.41) is 0.884. The van der Waals surface area contributed by atoms with Crippen LogP contribution in [0.2, 0.25) is 0 Å².